The summed E-state index contributed by atoms with van der Waals surface area (Å²) >= 11 is 0. The van der Waals surface area contributed by atoms with Crippen LogP contribution >= 0.6 is 0 Å². The van der Waals surface area contributed by atoms with Crippen molar-refractivity contribution in [2.24, 2.45) is 10.9 Å². The van der Waals surface area contributed by atoms with Crippen molar-refractivity contribution in [3.8, 4) is 12.1 Å². The number of fused-ring (bicyclic) bond motifs is 2. The largest absolute Gasteiger partial charge is 0.272 e. The number of carbonyl (C=O) groups is 1. The topological polar surface area (TPSA) is 89.9 Å². The van der Waals surface area contributed by atoms with Crippen molar-refractivity contribution in [3.05, 3.63) is 63.9 Å². The van der Waals surface area contributed by atoms with Gasteiger partial charge in [0.2, 0.25) is 0 Å². The van der Waals surface area contributed by atoms with Gasteiger partial charge in [-0.15, -0.1) is 0 Å². The zero-order valence-electron chi connectivity index (χ0n) is 15.8. The first-order chi connectivity index (χ1) is 13.5. The summed E-state index contributed by atoms with van der Waals surface area (Å²) in [4.78, 5) is 21.1. The van der Waals surface area contributed by atoms with Gasteiger partial charge in [0.1, 0.15) is 11.8 Å². The second kappa shape index (κ2) is 7.02. The Morgan fingerprint density at radius 2 is 2.07 bits per heavy atom. The van der Waals surface area contributed by atoms with Gasteiger partial charge < -0.3 is 0 Å². The number of rotatable bonds is 3. The first kappa shape index (κ1) is 18.1. The number of carbonyl (C=O) groups excluding carboxylic acids is 1. The lowest BCUT2D eigenvalue weighted by Crippen LogP contribution is -2.40. The fourth-order valence-electron chi connectivity index (χ4n) is 4.25. The Balaban J connectivity index is 1.78. The van der Waals surface area contributed by atoms with Crippen LogP contribution in [0.5, 0.6) is 0 Å². The summed E-state index contributed by atoms with van der Waals surface area (Å²) in [5.74, 6) is -0.117. The maximum atomic E-state index is 12.5. The summed E-state index contributed by atoms with van der Waals surface area (Å²) < 4.78 is 0. The Kier molecular flexibility index (Phi) is 4.53. The van der Waals surface area contributed by atoms with E-state index in [9.17, 15) is 10.1 Å². The Labute approximate surface area is 163 Å². The van der Waals surface area contributed by atoms with E-state index in [1.54, 1.807) is 12.1 Å². The first-order valence-corrected chi connectivity index (χ1v) is 9.57. The van der Waals surface area contributed by atoms with E-state index in [1.807, 2.05) is 37.3 Å². The predicted octanol–water partition coefficient (Wildman–Crippen LogP) is 2.48. The quantitative estimate of drug-likeness (QED) is 0.832. The Morgan fingerprint density at radius 1 is 1.21 bits per heavy atom. The molecule has 5 heteroatoms. The smallest absolute Gasteiger partial charge is 0.253 e. The predicted molar refractivity (Wildman–Crippen MR) is 103 cm³/mol. The van der Waals surface area contributed by atoms with Crippen molar-refractivity contribution in [2.45, 2.75) is 44.4 Å². The highest BCUT2D eigenvalue weighted by Crippen LogP contribution is 2.32. The SMILES string of the molecule is CC(C#N)(Cc1cccc(C#N)n1)c1ccc2c(c1)=NC(=O)C1CCCCC=21. The molecule has 2 atom stereocenters. The molecule has 2 aromatic rings. The number of pyridine rings is 1. The Bertz CT molecular complexity index is 1170. The fraction of sp³-hybridized carbons (Fsp3) is 0.348. The lowest BCUT2D eigenvalue weighted by Gasteiger charge is -2.26. The number of nitrogens with zero attached hydrogens (tertiary/aromatic N) is 4. The van der Waals surface area contributed by atoms with Gasteiger partial charge in [-0.3, -0.25) is 4.79 Å². The van der Waals surface area contributed by atoms with E-state index in [1.165, 1.54) is 5.57 Å². The molecular formula is C23H20N4O. The standard InChI is InChI=1S/C23H20N4O/c1-23(14-25,12-16-5-4-6-17(13-24)26-16)15-9-10-19-18-7-2-3-8-20(18)22(28)27-21(19)11-15/h4-6,9-11,20H,2-3,7-8,12H2,1H3. The molecule has 5 nitrogen and oxygen atoms in total. The van der Waals surface area contributed by atoms with Crippen LogP contribution in [0.25, 0.3) is 5.57 Å². The third-order valence-corrected chi connectivity index (χ3v) is 5.82. The van der Waals surface area contributed by atoms with Crippen LogP contribution in [0, 0.1) is 28.6 Å². The summed E-state index contributed by atoms with van der Waals surface area (Å²) in [6.07, 6.45) is 4.39. The molecule has 4 rings (SSSR count). The van der Waals surface area contributed by atoms with Crippen molar-refractivity contribution >= 4 is 11.5 Å². The molecule has 1 aliphatic heterocycles. The molecule has 28 heavy (non-hydrogen) atoms. The van der Waals surface area contributed by atoms with Crippen molar-refractivity contribution in [2.75, 3.05) is 0 Å². The molecule has 0 saturated heterocycles. The number of hydrogen-bond donors (Lipinski definition) is 0. The van der Waals surface area contributed by atoms with Crippen LogP contribution in [-0.4, -0.2) is 10.9 Å². The molecule has 1 aliphatic carbocycles. The molecule has 0 N–H and O–H groups in total. The normalized spacial score (nSPS) is 20.0. The van der Waals surface area contributed by atoms with Gasteiger partial charge in [-0.25, -0.2) is 9.98 Å². The number of nitriles is 2. The Hall–Kier alpha value is -3.31. The number of aromatic nitrogens is 1. The zero-order chi connectivity index (χ0) is 19.7. The molecular weight excluding hydrogens is 348 g/mol. The van der Waals surface area contributed by atoms with Crippen LogP contribution < -0.4 is 10.6 Å². The first-order valence-electron chi connectivity index (χ1n) is 9.57. The van der Waals surface area contributed by atoms with E-state index in [0.717, 1.165) is 36.5 Å². The monoisotopic (exact) mass is 368 g/mol. The minimum Gasteiger partial charge on any atom is -0.272 e. The molecule has 1 saturated carbocycles. The van der Waals surface area contributed by atoms with E-state index in [4.69, 9.17) is 5.26 Å². The number of amides is 1. The molecule has 0 bridgehead atoms. The molecule has 138 valence electrons. The van der Waals surface area contributed by atoms with E-state index in [0.29, 0.717) is 23.2 Å². The van der Waals surface area contributed by atoms with Crippen LogP contribution in [0.1, 0.15) is 49.6 Å². The van der Waals surface area contributed by atoms with Crippen molar-refractivity contribution < 1.29 is 4.79 Å². The summed E-state index contributed by atoms with van der Waals surface area (Å²) in [6.45, 7) is 1.86. The summed E-state index contributed by atoms with van der Waals surface area (Å²) in [7, 11) is 0. The van der Waals surface area contributed by atoms with Gasteiger partial charge in [-0.2, -0.15) is 10.5 Å². The summed E-state index contributed by atoms with van der Waals surface area (Å²) in [5.41, 5.74) is 2.21. The van der Waals surface area contributed by atoms with Gasteiger partial charge in [-0.05, 0) is 55.5 Å². The lowest BCUT2D eigenvalue weighted by atomic mass is 9.78. The van der Waals surface area contributed by atoms with Gasteiger partial charge in [0.25, 0.3) is 5.91 Å². The molecule has 2 heterocycles. The summed E-state index contributed by atoms with van der Waals surface area (Å²) in [5, 5.41) is 20.7. The van der Waals surface area contributed by atoms with Crippen LogP contribution in [0.15, 0.2) is 41.4 Å². The van der Waals surface area contributed by atoms with Crippen LogP contribution in [-0.2, 0) is 16.6 Å². The maximum Gasteiger partial charge on any atom is 0.253 e. The van der Waals surface area contributed by atoms with Crippen molar-refractivity contribution in [3.63, 3.8) is 0 Å². The second-order valence-corrected chi connectivity index (χ2v) is 7.75. The second-order valence-electron chi connectivity index (χ2n) is 7.75. The molecule has 1 amide bonds. The molecule has 2 aliphatic rings. The molecule has 1 aromatic heterocycles. The van der Waals surface area contributed by atoms with E-state index in [2.05, 4.69) is 16.0 Å². The van der Waals surface area contributed by atoms with Gasteiger partial charge >= 0.3 is 0 Å². The van der Waals surface area contributed by atoms with Crippen molar-refractivity contribution in [1.29, 1.82) is 10.5 Å². The average molecular weight is 368 g/mol. The van der Waals surface area contributed by atoms with Crippen LogP contribution in [0.4, 0.5) is 0 Å². The highest BCUT2D eigenvalue weighted by Gasteiger charge is 2.31. The van der Waals surface area contributed by atoms with E-state index < -0.39 is 5.41 Å². The van der Waals surface area contributed by atoms with Crippen LogP contribution in [0.2, 0.25) is 0 Å². The molecule has 0 radical (unpaired) electrons. The summed E-state index contributed by atoms with van der Waals surface area (Å²) in [6, 6.07) is 15.5. The third kappa shape index (κ3) is 3.10. The molecule has 1 aromatic carbocycles. The number of hydrogen-bond acceptors (Lipinski definition) is 4. The third-order valence-electron chi connectivity index (χ3n) is 5.82. The van der Waals surface area contributed by atoms with Gasteiger partial charge in [0, 0.05) is 17.3 Å². The Morgan fingerprint density at radius 3 is 2.86 bits per heavy atom. The minimum atomic E-state index is -0.831. The highest BCUT2D eigenvalue weighted by atomic mass is 16.1. The lowest BCUT2D eigenvalue weighted by molar-refractivity contribution is -0.120. The van der Waals surface area contributed by atoms with E-state index in [-0.39, 0.29) is 11.8 Å². The van der Waals surface area contributed by atoms with Crippen LogP contribution in [0.3, 0.4) is 0 Å². The highest BCUT2D eigenvalue weighted by molar-refractivity contribution is 5.90. The molecule has 0 spiro atoms. The average Bonchev–Trinajstić information content (AvgIpc) is 2.73. The number of benzene rings is 1. The van der Waals surface area contributed by atoms with Gasteiger partial charge in [0.15, 0.2) is 0 Å². The molecule has 1 fully saturated rings. The minimum absolute atomic E-state index is 0.0543. The molecule has 2 unspecified atom stereocenters. The zero-order valence-corrected chi connectivity index (χ0v) is 15.8. The van der Waals surface area contributed by atoms with Gasteiger partial charge in [0.05, 0.1) is 22.8 Å². The van der Waals surface area contributed by atoms with Gasteiger partial charge in [-0.1, -0.05) is 24.6 Å². The maximum absolute atomic E-state index is 12.5. The van der Waals surface area contributed by atoms with Crippen molar-refractivity contribution in [1.82, 2.24) is 4.98 Å². The van der Waals surface area contributed by atoms with E-state index >= 15 is 0 Å². The fourth-order valence-corrected chi connectivity index (χ4v) is 4.25.